The van der Waals surface area contributed by atoms with Crippen molar-refractivity contribution in [1.82, 2.24) is 4.90 Å². The molecular weight excluding hydrogens is 281 g/mol. The smallest absolute Gasteiger partial charge is 0.327 e. The summed E-state index contributed by atoms with van der Waals surface area (Å²) < 4.78 is 13.3. The molecule has 6 heteroatoms. The standard InChI is InChI=1S/C14H16FNO3S/c1-2-4-12(17)16-11(14(18)19)8-20-13(16)9-5-3-6-10(15)7-9/h3,5-7,11,13H,2,4,8H2,1H3,(H,18,19)/t11-,13+/m0/s1. The summed E-state index contributed by atoms with van der Waals surface area (Å²) in [5.41, 5.74) is 0.628. The molecule has 1 fully saturated rings. The van der Waals surface area contributed by atoms with E-state index in [0.29, 0.717) is 24.2 Å². The second kappa shape index (κ2) is 6.26. The molecule has 0 saturated carbocycles. The van der Waals surface area contributed by atoms with Crippen molar-refractivity contribution < 1.29 is 19.1 Å². The number of carbonyl (C=O) groups excluding carboxylic acids is 1. The van der Waals surface area contributed by atoms with Gasteiger partial charge in [0.2, 0.25) is 5.91 Å². The van der Waals surface area contributed by atoms with Crippen molar-refractivity contribution in [3.8, 4) is 0 Å². The fourth-order valence-electron chi connectivity index (χ4n) is 2.26. The maximum absolute atomic E-state index is 13.3. The second-order valence-corrected chi connectivity index (χ2v) is 5.76. The average Bonchev–Trinajstić information content (AvgIpc) is 2.83. The topological polar surface area (TPSA) is 57.6 Å². The molecule has 1 aliphatic rings. The number of benzene rings is 1. The summed E-state index contributed by atoms with van der Waals surface area (Å²) in [6, 6.07) is 5.13. The third-order valence-electron chi connectivity index (χ3n) is 3.17. The molecule has 1 heterocycles. The van der Waals surface area contributed by atoms with Gasteiger partial charge in [-0.15, -0.1) is 11.8 Å². The van der Waals surface area contributed by atoms with E-state index >= 15 is 0 Å². The molecule has 1 aliphatic heterocycles. The number of amides is 1. The fourth-order valence-corrected chi connectivity index (χ4v) is 3.69. The monoisotopic (exact) mass is 297 g/mol. The van der Waals surface area contributed by atoms with E-state index in [-0.39, 0.29) is 11.7 Å². The van der Waals surface area contributed by atoms with Crippen LogP contribution in [0.1, 0.15) is 30.7 Å². The molecule has 1 N–H and O–H groups in total. The minimum atomic E-state index is -1.01. The Kier molecular flexibility index (Phi) is 4.65. The van der Waals surface area contributed by atoms with E-state index in [4.69, 9.17) is 0 Å². The molecule has 0 bridgehead atoms. The van der Waals surface area contributed by atoms with E-state index < -0.39 is 17.4 Å². The Balaban J connectivity index is 2.31. The van der Waals surface area contributed by atoms with Crippen molar-refractivity contribution in [3.05, 3.63) is 35.6 Å². The average molecular weight is 297 g/mol. The van der Waals surface area contributed by atoms with Gasteiger partial charge in [0.15, 0.2) is 0 Å². The van der Waals surface area contributed by atoms with Gasteiger partial charge in [-0.05, 0) is 24.1 Å². The molecular formula is C14H16FNO3S. The first-order chi connectivity index (χ1) is 9.54. The van der Waals surface area contributed by atoms with Crippen LogP contribution < -0.4 is 0 Å². The van der Waals surface area contributed by atoms with Gasteiger partial charge in [0.25, 0.3) is 0 Å². The zero-order chi connectivity index (χ0) is 14.7. The number of carboxylic acid groups (broad SMARTS) is 1. The number of rotatable bonds is 4. The lowest BCUT2D eigenvalue weighted by Gasteiger charge is -2.27. The summed E-state index contributed by atoms with van der Waals surface area (Å²) in [4.78, 5) is 24.8. The zero-order valence-electron chi connectivity index (χ0n) is 11.1. The van der Waals surface area contributed by atoms with Crippen molar-refractivity contribution >= 4 is 23.6 Å². The Morgan fingerprint density at radius 1 is 1.50 bits per heavy atom. The van der Waals surface area contributed by atoms with Gasteiger partial charge in [-0.1, -0.05) is 19.1 Å². The van der Waals surface area contributed by atoms with Gasteiger partial charge < -0.3 is 10.0 Å². The summed E-state index contributed by atoms with van der Waals surface area (Å²) in [6.07, 6.45) is 0.957. The van der Waals surface area contributed by atoms with E-state index in [2.05, 4.69) is 0 Å². The largest absolute Gasteiger partial charge is 0.480 e. The molecule has 2 atom stereocenters. The van der Waals surface area contributed by atoms with Crippen LogP contribution in [0, 0.1) is 5.82 Å². The van der Waals surface area contributed by atoms with Crippen LogP contribution in [0.2, 0.25) is 0 Å². The lowest BCUT2D eigenvalue weighted by Crippen LogP contribution is -2.42. The maximum atomic E-state index is 13.3. The van der Waals surface area contributed by atoms with Crippen molar-refractivity contribution in [2.75, 3.05) is 5.75 Å². The number of halogens is 1. The number of aliphatic carboxylic acids is 1. The van der Waals surface area contributed by atoms with Crippen molar-refractivity contribution in [3.63, 3.8) is 0 Å². The lowest BCUT2D eigenvalue weighted by atomic mass is 10.1. The molecule has 1 saturated heterocycles. The van der Waals surface area contributed by atoms with Crippen LogP contribution in [0.3, 0.4) is 0 Å². The molecule has 1 aromatic rings. The van der Waals surface area contributed by atoms with Crippen molar-refractivity contribution in [1.29, 1.82) is 0 Å². The van der Waals surface area contributed by atoms with E-state index in [1.165, 1.54) is 28.8 Å². The molecule has 0 unspecified atom stereocenters. The summed E-state index contributed by atoms with van der Waals surface area (Å²) >= 11 is 1.36. The lowest BCUT2D eigenvalue weighted by molar-refractivity contribution is -0.149. The predicted octanol–water partition coefficient (Wildman–Crippen LogP) is 2.65. The quantitative estimate of drug-likeness (QED) is 0.928. The fraction of sp³-hybridized carbons (Fsp3) is 0.429. The van der Waals surface area contributed by atoms with Gasteiger partial charge in [0.05, 0.1) is 0 Å². The van der Waals surface area contributed by atoms with Crippen LogP contribution in [0.15, 0.2) is 24.3 Å². The highest BCUT2D eigenvalue weighted by atomic mass is 32.2. The summed E-state index contributed by atoms with van der Waals surface area (Å²) in [5.74, 6) is -1.27. The van der Waals surface area contributed by atoms with Gasteiger partial charge in [0.1, 0.15) is 17.2 Å². The number of carboxylic acids is 1. The Morgan fingerprint density at radius 2 is 2.25 bits per heavy atom. The molecule has 0 spiro atoms. The van der Waals surface area contributed by atoms with Crippen LogP contribution in [0.5, 0.6) is 0 Å². The minimum absolute atomic E-state index is 0.195. The molecule has 1 amide bonds. The van der Waals surface area contributed by atoms with E-state index in [9.17, 15) is 19.1 Å². The molecule has 0 radical (unpaired) electrons. The Hall–Kier alpha value is -1.56. The van der Waals surface area contributed by atoms with Gasteiger partial charge in [-0.25, -0.2) is 9.18 Å². The SMILES string of the molecule is CCCC(=O)N1[C@@H](c2cccc(F)c2)SC[C@H]1C(=O)O. The Bertz CT molecular complexity index is 523. The first-order valence-electron chi connectivity index (χ1n) is 6.45. The number of hydrogen-bond acceptors (Lipinski definition) is 3. The second-order valence-electron chi connectivity index (χ2n) is 4.65. The molecule has 1 aromatic carbocycles. The highest BCUT2D eigenvalue weighted by molar-refractivity contribution is 7.99. The summed E-state index contributed by atoms with van der Waals surface area (Å²) in [5, 5.41) is 8.81. The number of nitrogens with zero attached hydrogens (tertiary/aromatic N) is 1. The molecule has 4 nitrogen and oxygen atoms in total. The van der Waals surface area contributed by atoms with E-state index in [0.717, 1.165) is 0 Å². The zero-order valence-corrected chi connectivity index (χ0v) is 11.9. The van der Waals surface area contributed by atoms with Crippen molar-refractivity contribution in [2.45, 2.75) is 31.2 Å². The summed E-state index contributed by atoms with van der Waals surface area (Å²) in [6.45, 7) is 1.87. The maximum Gasteiger partial charge on any atom is 0.327 e. The first-order valence-corrected chi connectivity index (χ1v) is 7.50. The van der Waals surface area contributed by atoms with Crippen LogP contribution in [0.25, 0.3) is 0 Å². The first kappa shape index (κ1) is 14.8. The van der Waals surface area contributed by atoms with Crippen LogP contribution in [-0.4, -0.2) is 33.7 Å². The number of hydrogen-bond donors (Lipinski definition) is 1. The van der Waals surface area contributed by atoms with Gasteiger partial charge in [0, 0.05) is 12.2 Å². The van der Waals surface area contributed by atoms with Crippen LogP contribution >= 0.6 is 11.8 Å². The Labute approximate surface area is 121 Å². The van der Waals surface area contributed by atoms with Gasteiger partial charge >= 0.3 is 5.97 Å². The van der Waals surface area contributed by atoms with Crippen LogP contribution in [0.4, 0.5) is 4.39 Å². The molecule has 2 rings (SSSR count). The van der Waals surface area contributed by atoms with E-state index in [1.807, 2.05) is 6.92 Å². The Morgan fingerprint density at radius 3 is 2.85 bits per heavy atom. The molecule has 20 heavy (non-hydrogen) atoms. The van der Waals surface area contributed by atoms with Crippen LogP contribution in [-0.2, 0) is 9.59 Å². The van der Waals surface area contributed by atoms with Crippen molar-refractivity contribution in [2.24, 2.45) is 0 Å². The molecule has 0 aromatic heterocycles. The summed E-state index contributed by atoms with van der Waals surface area (Å²) in [7, 11) is 0. The highest BCUT2D eigenvalue weighted by Gasteiger charge is 2.41. The van der Waals surface area contributed by atoms with Gasteiger partial charge in [-0.2, -0.15) is 0 Å². The minimum Gasteiger partial charge on any atom is -0.480 e. The molecule has 108 valence electrons. The van der Waals surface area contributed by atoms with E-state index in [1.54, 1.807) is 12.1 Å². The highest BCUT2D eigenvalue weighted by Crippen LogP contribution is 2.41. The molecule has 0 aliphatic carbocycles. The number of carbonyl (C=O) groups is 2. The van der Waals surface area contributed by atoms with Gasteiger partial charge in [-0.3, -0.25) is 4.79 Å². The third kappa shape index (κ3) is 2.95. The number of thioether (sulfide) groups is 1. The predicted molar refractivity (Wildman–Crippen MR) is 74.8 cm³/mol. The normalized spacial score (nSPS) is 22.0. The third-order valence-corrected chi connectivity index (χ3v) is 4.49.